The number of halogens is 2. The van der Waals surface area contributed by atoms with Crippen LogP contribution in [0, 0.1) is 17.6 Å². The third kappa shape index (κ3) is 5.03. The molecule has 1 unspecified atom stereocenters. The smallest absolute Gasteiger partial charge is 0.253 e. The highest BCUT2D eigenvalue weighted by molar-refractivity contribution is 5.95. The molecule has 5 nitrogen and oxygen atoms in total. The first kappa shape index (κ1) is 21.3. The van der Waals surface area contributed by atoms with Crippen molar-refractivity contribution >= 4 is 11.8 Å². The van der Waals surface area contributed by atoms with Gasteiger partial charge in [0.25, 0.3) is 11.8 Å². The van der Waals surface area contributed by atoms with Crippen molar-refractivity contribution in [2.24, 2.45) is 5.92 Å². The zero-order valence-electron chi connectivity index (χ0n) is 17.4. The van der Waals surface area contributed by atoms with Gasteiger partial charge in [0.2, 0.25) is 0 Å². The van der Waals surface area contributed by atoms with Gasteiger partial charge in [0.1, 0.15) is 5.75 Å². The highest BCUT2D eigenvalue weighted by atomic mass is 19.2. The molecule has 2 aliphatic heterocycles. The average Bonchev–Trinajstić information content (AvgIpc) is 3.34. The summed E-state index contributed by atoms with van der Waals surface area (Å²) in [4.78, 5) is 28.8. The maximum absolute atomic E-state index is 13.5. The number of likely N-dealkylation sites (tertiary alicyclic amines) is 2. The fourth-order valence-corrected chi connectivity index (χ4v) is 4.23. The molecule has 7 heteroatoms. The number of piperidine rings is 1. The highest BCUT2D eigenvalue weighted by Crippen LogP contribution is 2.22. The van der Waals surface area contributed by atoms with Crippen LogP contribution < -0.4 is 4.74 Å². The zero-order chi connectivity index (χ0) is 21.8. The summed E-state index contributed by atoms with van der Waals surface area (Å²) in [5.41, 5.74) is 0.770. The fraction of sp³-hybridized carbons (Fsp3) is 0.417. The number of ether oxygens (including phenoxy) is 1. The molecule has 0 N–H and O–H groups in total. The van der Waals surface area contributed by atoms with Crippen molar-refractivity contribution in [2.45, 2.75) is 25.7 Å². The highest BCUT2D eigenvalue weighted by Gasteiger charge is 2.26. The van der Waals surface area contributed by atoms with E-state index >= 15 is 0 Å². The van der Waals surface area contributed by atoms with Gasteiger partial charge in [-0.05, 0) is 62.1 Å². The third-order valence-electron chi connectivity index (χ3n) is 5.93. The molecule has 0 aliphatic carbocycles. The van der Waals surface area contributed by atoms with Crippen LogP contribution in [-0.4, -0.2) is 54.4 Å². The van der Waals surface area contributed by atoms with Crippen LogP contribution in [0.2, 0.25) is 0 Å². The molecule has 0 aromatic heterocycles. The van der Waals surface area contributed by atoms with Crippen molar-refractivity contribution in [2.75, 3.05) is 32.8 Å². The Bertz CT molecular complexity index is 960. The molecule has 4 rings (SSSR count). The molecule has 0 radical (unpaired) electrons. The summed E-state index contributed by atoms with van der Waals surface area (Å²) in [5, 5.41) is 0. The van der Waals surface area contributed by atoms with Crippen LogP contribution >= 0.6 is 0 Å². The van der Waals surface area contributed by atoms with Crippen molar-refractivity contribution < 1.29 is 23.1 Å². The third-order valence-corrected chi connectivity index (χ3v) is 5.93. The molecular weight excluding hydrogens is 402 g/mol. The van der Waals surface area contributed by atoms with Crippen molar-refractivity contribution in [1.29, 1.82) is 0 Å². The monoisotopic (exact) mass is 428 g/mol. The van der Waals surface area contributed by atoms with Gasteiger partial charge in [-0.3, -0.25) is 9.59 Å². The Balaban J connectivity index is 1.34. The van der Waals surface area contributed by atoms with Crippen LogP contribution in [0.25, 0.3) is 0 Å². The quantitative estimate of drug-likeness (QED) is 0.720. The minimum atomic E-state index is -1.02. The lowest BCUT2D eigenvalue weighted by molar-refractivity contribution is 0.0632. The second-order valence-corrected chi connectivity index (χ2v) is 8.23. The molecule has 2 fully saturated rings. The lowest BCUT2D eigenvalue weighted by Gasteiger charge is -2.32. The number of carbonyl (C=O) groups excluding carboxylic acids is 2. The Labute approximate surface area is 180 Å². The maximum atomic E-state index is 13.5. The predicted molar refractivity (Wildman–Crippen MR) is 112 cm³/mol. The summed E-state index contributed by atoms with van der Waals surface area (Å²) in [6.45, 7) is 3.09. The van der Waals surface area contributed by atoms with Gasteiger partial charge in [-0.1, -0.05) is 6.07 Å². The molecule has 2 saturated heterocycles. The van der Waals surface area contributed by atoms with Gasteiger partial charge in [-0.25, -0.2) is 8.78 Å². The van der Waals surface area contributed by atoms with Gasteiger partial charge >= 0.3 is 0 Å². The van der Waals surface area contributed by atoms with Crippen LogP contribution in [0.15, 0.2) is 42.5 Å². The standard InChI is InChI=1S/C24H26F2N2O3/c25-21-9-8-19(14-22(21)26)24(30)28-12-4-5-17(15-28)16-31-20-7-3-6-18(13-20)23(29)27-10-1-2-11-27/h3,6-9,13-14,17H,1-2,4-5,10-12,15-16H2. The summed E-state index contributed by atoms with van der Waals surface area (Å²) >= 11 is 0. The van der Waals surface area contributed by atoms with E-state index in [0.717, 1.165) is 50.9 Å². The van der Waals surface area contributed by atoms with Crippen LogP contribution in [0.4, 0.5) is 8.78 Å². The van der Waals surface area contributed by atoms with Crippen LogP contribution in [-0.2, 0) is 0 Å². The molecule has 0 spiro atoms. The van der Waals surface area contributed by atoms with E-state index in [9.17, 15) is 18.4 Å². The number of amides is 2. The Morgan fingerprint density at radius 1 is 0.871 bits per heavy atom. The summed E-state index contributed by atoms with van der Waals surface area (Å²) in [5.74, 6) is -1.50. The van der Waals surface area contributed by atoms with Crippen molar-refractivity contribution in [1.82, 2.24) is 9.80 Å². The first-order chi connectivity index (χ1) is 15.0. The Morgan fingerprint density at radius 2 is 1.58 bits per heavy atom. The SMILES string of the molecule is O=C(c1cccc(OCC2CCCN(C(=O)c3ccc(F)c(F)c3)C2)c1)N1CCCC1. The predicted octanol–water partition coefficient (Wildman–Crippen LogP) is 4.13. The molecule has 1 atom stereocenters. The number of carbonyl (C=O) groups is 2. The number of hydrogen-bond acceptors (Lipinski definition) is 3. The first-order valence-corrected chi connectivity index (χ1v) is 10.8. The molecule has 2 aromatic rings. The normalized spacial score (nSPS) is 18.8. The number of benzene rings is 2. The molecule has 2 aromatic carbocycles. The van der Waals surface area contributed by atoms with Gasteiger partial charge in [0.15, 0.2) is 11.6 Å². The van der Waals surface area contributed by atoms with E-state index in [1.54, 1.807) is 17.0 Å². The fourth-order valence-electron chi connectivity index (χ4n) is 4.23. The van der Waals surface area contributed by atoms with Crippen molar-refractivity contribution in [3.05, 3.63) is 65.2 Å². The average molecular weight is 428 g/mol. The second kappa shape index (κ2) is 9.45. The summed E-state index contributed by atoms with van der Waals surface area (Å²) < 4.78 is 32.6. The van der Waals surface area contributed by atoms with E-state index in [2.05, 4.69) is 0 Å². The van der Waals surface area contributed by atoms with E-state index < -0.39 is 11.6 Å². The lowest BCUT2D eigenvalue weighted by atomic mass is 9.98. The van der Waals surface area contributed by atoms with Gasteiger partial charge in [-0.15, -0.1) is 0 Å². The first-order valence-electron chi connectivity index (χ1n) is 10.8. The molecule has 2 aliphatic rings. The van der Waals surface area contributed by atoms with Crippen molar-refractivity contribution in [3.63, 3.8) is 0 Å². The number of nitrogens with zero attached hydrogens (tertiary/aromatic N) is 2. The van der Waals surface area contributed by atoms with Crippen molar-refractivity contribution in [3.8, 4) is 5.75 Å². The molecule has 2 amide bonds. The topological polar surface area (TPSA) is 49.9 Å². The van der Waals surface area contributed by atoms with E-state index in [4.69, 9.17) is 4.74 Å². The van der Waals surface area contributed by atoms with Gasteiger partial charge in [0.05, 0.1) is 6.61 Å². The van der Waals surface area contributed by atoms with Crippen LogP contribution in [0.5, 0.6) is 5.75 Å². The summed E-state index contributed by atoms with van der Waals surface area (Å²) in [7, 11) is 0. The second-order valence-electron chi connectivity index (χ2n) is 8.23. The maximum Gasteiger partial charge on any atom is 0.253 e. The molecule has 0 saturated carbocycles. The van der Waals surface area contributed by atoms with Crippen LogP contribution in [0.1, 0.15) is 46.4 Å². The van der Waals surface area contributed by atoms with Gasteiger partial charge in [0, 0.05) is 43.2 Å². The van der Waals surface area contributed by atoms with Gasteiger partial charge in [-0.2, -0.15) is 0 Å². The number of hydrogen-bond donors (Lipinski definition) is 0. The van der Waals surface area contributed by atoms with E-state index in [0.29, 0.717) is 31.0 Å². The molecular formula is C24H26F2N2O3. The largest absolute Gasteiger partial charge is 0.493 e. The van der Waals surface area contributed by atoms with E-state index in [1.807, 2.05) is 17.0 Å². The molecule has 31 heavy (non-hydrogen) atoms. The Hall–Kier alpha value is -2.96. The molecule has 164 valence electrons. The summed E-state index contributed by atoms with van der Waals surface area (Å²) in [6.07, 6.45) is 3.82. The summed E-state index contributed by atoms with van der Waals surface area (Å²) in [6, 6.07) is 10.4. The molecule has 2 heterocycles. The number of rotatable bonds is 5. The molecule has 0 bridgehead atoms. The Morgan fingerprint density at radius 3 is 2.35 bits per heavy atom. The minimum Gasteiger partial charge on any atom is -0.493 e. The zero-order valence-corrected chi connectivity index (χ0v) is 17.4. The van der Waals surface area contributed by atoms with E-state index in [-0.39, 0.29) is 23.3 Å². The minimum absolute atomic E-state index is 0.0314. The van der Waals surface area contributed by atoms with E-state index in [1.165, 1.54) is 6.07 Å². The lowest BCUT2D eigenvalue weighted by Crippen LogP contribution is -2.41. The van der Waals surface area contributed by atoms with Gasteiger partial charge < -0.3 is 14.5 Å². The van der Waals surface area contributed by atoms with Crippen LogP contribution in [0.3, 0.4) is 0 Å². The Kier molecular flexibility index (Phi) is 6.49.